The molecule has 1 aromatic heterocycles. The van der Waals surface area contributed by atoms with E-state index in [0.717, 1.165) is 18.4 Å². The predicted octanol–water partition coefficient (Wildman–Crippen LogP) is 2.37. The third kappa shape index (κ3) is 5.12. The number of nitrogens with two attached hydrogens (primary N) is 1. The van der Waals surface area contributed by atoms with E-state index < -0.39 is 0 Å². The second-order valence-electron chi connectivity index (χ2n) is 9.76. The number of aryl methyl sites for hydroxylation is 1. The number of nitrogens with one attached hydrogen (secondary N) is 1. The smallest absolute Gasteiger partial charge is 0.272 e. The first-order valence-electron chi connectivity index (χ1n) is 11.5. The third-order valence-corrected chi connectivity index (χ3v) is 8.76. The summed E-state index contributed by atoms with van der Waals surface area (Å²) in [4.78, 5) is 28.1. The minimum absolute atomic E-state index is 0.0408. The van der Waals surface area contributed by atoms with Crippen LogP contribution in [0.1, 0.15) is 58.8 Å². The topological polar surface area (TPSA) is 113 Å². The first-order chi connectivity index (χ1) is 16.0. The fraction of sp³-hybridized carbons (Fsp3) is 0.542. The van der Waals surface area contributed by atoms with E-state index in [9.17, 15) is 14.7 Å². The number of hydrogen-bond acceptors (Lipinski definition) is 6. The number of nitrogens with zero attached hydrogens (tertiary/aromatic N) is 3. The Morgan fingerprint density at radius 3 is 2.65 bits per heavy atom. The number of amides is 2. The minimum atomic E-state index is -0.329. The summed E-state index contributed by atoms with van der Waals surface area (Å²) >= 11 is 7.69. The molecule has 1 fully saturated rings. The number of rotatable bonds is 9. The molecule has 1 saturated carbocycles. The molecule has 0 bridgehead atoms. The summed E-state index contributed by atoms with van der Waals surface area (Å²) in [5, 5.41) is 17.4. The Labute approximate surface area is 209 Å². The second kappa shape index (κ2) is 9.53. The maximum absolute atomic E-state index is 13.4. The number of benzene rings is 1. The van der Waals surface area contributed by atoms with Crippen molar-refractivity contribution in [3.8, 4) is 0 Å². The summed E-state index contributed by atoms with van der Waals surface area (Å²) in [5.74, 6) is -0.383. The molecule has 1 aromatic carbocycles. The molecule has 8 nitrogen and oxygen atoms in total. The number of carbonyl (C=O) groups excluding carboxylic acids is 2. The van der Waals surface area contributed by atoms with Gasteiger partial charge in [0, 0.05) is 52.8 Å². The fourth-order valence-corrected chi connectivity index (χ4v) is 6.40. The van der Waals surface area contributed by atoms with Crippen LogP contribution in [0.4, 0.5) is 0 Å². The molecule has 2 heterocycles. The molecule has 2 aromatic rings. The van der Waals surface area contributed by atoms with Gasteiger partial charge in [-0.3, -0.25) is 14.3 Å². The maximum atomic E-state index is 13.4. The highest BCUT2D eigenvalue weighted by atomic mass is 35.5. The Kier molecular flexibility index (Phi) is 7.01. The van der Waals surface area contributed by atoms with Crippen LogP contribution in [0.15, 0.2) is 24.3 Å². The van der Waals surface area contributed by atoms with E-state index in [1.54, 1.807) is 30.9 Å². The molecule has 34 heavy (non-hydrogen) atoms. The van der Waals surface area contributed by atoms with Gasteiger partial charge in [-0.05, 0) is 50.8 Å². The average Bonchev–Trinajstić information content (AvgIpc) is 3.45. The molecule has 0 radical (unpaired) electrons. The lowest BCUT2D eigenvalue weighted by Gasteiger charge is -2.37. The van der Waals surface area contributed by atoms with Gasteiger partial charge >= 0.3 is 0 Å². The van der Waals surface area contributed by atoms with Crippen molar-refractivity contribution in [1.29, 1.82) is 0 Å². The van der Waals surface area contributed by atoms with Crippen molar-refractivity contribution in [2.75, 3.05) is 19.7 Å². The SMILES string of the molecule is Cn1nc(C(=O)NCc2ccc(Cl)cc2)c2c1C(=O)N(CC1(SC(C)(C)[C@H](N)CO)CC1)CC2. The first kappa shape index (κ1) is 25.0. The van der Waals surface area contributed by atoms with Crippen molar-refractivity contribution in [3.63, 3.8) is 0 Å². The van der Waals surface area contributed by atoms with Crippen molar-refractivity contribution in [2.45, 2.75) is 55.2 Å². The summed E-state index contributed by atoms with van der Waals surface area (Å²) in [6, 6.07) is 6.95. The molecular formula is C24H32ClN5O3S. The molecule has 4 N–H and O–H groups in total. The van der Waals surface area contributed by atoms with Gasteiger partial charge in [-0.25, -0.2) is 0 Å². The van der Waals surface area contributed by atoms with Crippen LogP contribution in [0.2, 0.25) is 5.02 Å². The number of carbonyl (C=O) groups is 2. The lowest BCUT2D eigenvalue weighted by Crippen LogP contribution is -2.48. The molecule has 10 heteroatoms. The summed E-state index contributed by atoms with van der Waals surface area (Å²) in [6.07, 6.45) is 2.61. The van der Waals surface area contributed by atoms with Crippen molar-refractivity contribution in [3.05, 3.63) is 51.8 Å². The zero-order valence-electron chi connectivity index (χ0n) is 19.8. The molecule has 0 spiro atoms. The van der Waals surface area contributed by atoms with Crippen LogP contribution < -0.4 is 11.1 Å². The zero-order valence-corrected chi connectivity index (χ0v) is 21.4. The van der Waals surface area contributed by atoms with Crippen LogP contribution >= 0.6 is 23.4 Å². The van der Waals surface area contributed by atoms with Crippen LogP contribution in [-0.4, -0.2) is 66.8 Å². The second-order valence-corrected chi connectivity index (χ2v) is 12.3. The molecule has 0 saturated heterocycles. The minimum Gasteiger partial charge on any atom is -0.395 e. The summed E-state index contributed by atoms with van der Waals surface area (Å²) < 4.78 is 1.19. The van der Waals surface area contributed by atoms with E-state index in [4.69, 9.17) is 17.3 Å². The van der Waals surface area contributed by atoms with Gasteiger partial charge in [0.25, 0.3) is 11.8 Å². The van der Waals surface area contributed by atoms with Gasteiger partial charge in [0.05, 0.1) is 6.61 Å². The molecule has 2 amide bonds. The normalized spacial score (nSPS) is 17.9. The number of hydrogen-bond donors (Lipinski definition) is 3. The van der Waals surface area contributed by atoms with Crippen LogP contribution in [0.25, 0.3) is 0 Å². The van der Waals surface area contributed by atoms with Crippen LogP contribution in [0.3, 0.4) is 0 Å². The monoisotopic (exact) mass is 505 g/mol. The molecule has 1 aliphatic heterocycles. The highest BCUT2D eigenvalue weighted by Crippen LogP contribution is 2.54. The van der Waals surface area contributed by atoms with Gasteiger partial charge in [0.1, 0.15) is 5.69 Å². The van der Waals surface area contributed by atoms with Crippen molar-refractivity contribution in [1.82, 2.24) is 20.0 Å². The largest absolute Gasteiger partial charge is 0.395 e. The Morgan fingerprint density at radius 1 is 1.35 bits per heavy atom. The Hall–Kier alpha value is -2.07. The van der Waals surface area contributed by atoms with E-state index in [1.807, 2.05) is 30.9 Å². The van der Waals surface area contributed by atoms with Crippen molar-refractivity contribution >= 4 is 35.2 Å². The average molecular weight is 506 g/mol. The summed E-state index contributed by atoms with van der Waals surface area (Å²) in [7, 11) is 1.71. The van der Waals surface area contributed by atoms with E-state index in [0.29, 0.717) is 48.0 Å². The molecule has 0 unspecified atom stereocenters. The lowest BCUT2D eigenvalue weighted by atomic mass is 10.0. The summed E-state index contributed by atoms with van der Waals surface area (Å²) in [6.45, 7) is 5.55. The highest BCUT2D eigenvalue weighted by Gasteiger charge is 2.50. The zero-order chi connectivity index (χ0) is 24.7. The standard InChI is InChI=1S/C24H32ClN5O3S/c1-23(2,18(26)13-31)34-24(9-10-24)14-30-11-8-17-19(28-29(3)20(17)22(30)33)21(32)27-12-15-4-6-16(25)7-5-15/h4-7,18,31H,8-14,26H2,1-3H3,(H,27,32)/t18-/m1/s1. The predicted molar refractivity (Wildman–Crippen MR) is 134 cm³/mol. The van der Waals surface area contributed by atoms with Crippen LogP contribution in [-0.2, 0) is 20.0 Å². The molecule has 4 rings (SSSR count). The maximum Gasteiger partial charge on any atom is 0.272 e. The van der Waals surface area contributed by atoms with Crippen LogP contribution in [0.5, 0.6) is 0 Å². The lowest BCUT2D eigenvalue weighted by molar-refractivity contribution is 0.0725. The third-order valence-electron chi connectivity index (χ3n) is 6.70. The van der Waals surface area contributed by atoms with Crippen LogP contribution in [0, 0.1) is 0 Å². The number of fused-ring (bicyclic) bond motifs is 1. The molecule has 2 aliphatic rings. The number of aromatic nitrogens is 2. The highest BCUT2D eigenvalue weighted by molar-refractivity contribution is 8.02. The van der Waals surface area contributed by atoms with Gasteiger partial charge in [-0.2, -0.15) is 5.10 Å². The van der Waals surface area contributed by atoms with Crippen molar-refractivity contribution < 1.29 is 14.7 Å². The van der Waals surface area contributed by atoms with Gasteiger partial charge in [0.15, 0.2) is 5.69 Å². The Morgan fingerprint density at radius 2 is 2.03 bits per heavy atom. The number of thioether (sulfide) groups is 1. The fourth-order valence-electron chi connectivity index (χ4n) is 4.41. The van der Waals surface area contributed by atoms with Crippen molar-refractivity contribution in [2.24, 2.45) is 12.8 Å². The van der Waals surface area contributed by atoms with E-state index in [2.05, 4.69) is 10.4 Å². The van der Waals surface area contributed by atoms with Gasteiger partial charge in [0.2, 0.25) is 0 Å². The molecular weight excluding hydrogens is 474 g/mol. The quantitative estimate of drug-likeness (QED) is 0.482. The van der Waals surface area contributed by atoms with Gasteiger partial charge < -0.3 is 21.1 Å². The Bertz CT molecular complexity index is 1080. The van der Waals surface area contributed by atoms with Gasteiger partial charge in [-0.1, -0.05) is 23.7 Å². The first-order valence-corrected chi connectivity index (χ1v) is 12.7. The Balaban J connectivity index is 1.44. The number of aliphatic hydroxyl groups is 1. The summed E-state index contributed by atoms with van der Waals surface area (Å²) in [5.41, 5.74) is 8.55. The van der Waals surface area contributed by atoms with Gasteiger partial charge in [-0.15, -0.1) is 11.8 Å². The van der Waals surface area contributed by atoms with E-state index in [-0.39, 0.29) is 34.0 Å². The van der Waals surface area contributed by atoms with E-state index in [1.165, 1.54) is 4.68 Å². The number of halogens is 1. The molecule has 184 valence electrons. The molecule has 1 aliphatic carbocycles. The number of aliphatic hydroxyl groups excluding tert-OH is 1. The molecule has 1 atom stereocenters. The van der Waals surface area contributed by atoms with E-state index >= 15 is 0 Å².